The lowest BCUT2D eigenvalue weighted by atomic mass is 10.1. The highest BCUT2D eigenvalue weighted by Crippen LogP contribution is 2.29. The molecule has 0 unspecified atom stereocenters. The summed E-state index contributed by atoms with van der Waals surface area (Å²) in [4.78, 5) is -0.110. The summed E-state index contributed by atoms with van der Waals surface area (Å²) in [5.74, 6) is 0. The van der Waals surface area contributed by atoms with Crippen molar-refractivity contribution in [3.8, 4) is 11.1 Å². The Morgan fingerprint density at radius 3 is 2.17 bits per heavy atom. The van der Waals surface area contributed by atoms with Crippen LogP contribution in [0, 0.1) is 0 Å². The van der Waals surface area contributed by atoms with Crippen molar-refractivity contribution in [2.24, 2.45) is 5.14 Å². The molecule has 3 rings (SSSR count). The average molecular weight is 471 g/mol. The molecular weight excluding hydrogens is 455 g/mol. The van der Waals surface area contributed by atoms with Crippen LogP contribution in [0.2, 0.25) is 10.0 Å². The first-order chi connectivity index (χ1) is 13.6. The molecule has 0 bridgehead atoms. The van der Waals surface area contributed by atoms with Gasteiger partial charge in [-0.1, -0.05) is 59.6 Å². The SMILES string of the molecule is NS(=O)(=O)c1ccccc1CNS(=O)(=O)c1cccc(-c2ccc(Cl)c(Cl)c2)c1. The van der Waals surface area contributed by atoms with Crippen molar-refractivity contribution in [1.29, 1.82) is 0 Å². The smallest absolute Gasteiger partial charge is 0.225 e. The van der Waals surface area contributed by atoms with Crippen molar-refractivity contribution in [2.45, 2.75) is 16.3 Å². The van der Waals surface area contributed by atoms with Gasteiger partial charge in [0.25, 0.3) is 0 Å². The number of benzene rings is 3. The molecule has 0 heterocycles. The van der Waals surface area contributed by atoms with E-state index in [-0.39, 0.29) is 21.9 Å². The Labute approximate surface area is 179 Å². The minimum absolute atomic E-state index is 0.0224. The number of hydrogen-bond donors (Lipinski definition) is 2. The Kier molecular flexibility index (Phi) is 6.33. The molecule has 0 radical (unpaired) electrons. The zero-order valence-electron chi connectivity index (χ0n) is 14.8. The van der Waals surface area contributed by atoms with E-state index in [1.807, 2.05) is 0 Å². The Morgan fingerprint density at radius 1 is 0.793 bits per heavy atom. The molecule has 0 fully saturated rings. The van der Waals surface area contributed by atoms with Gasteiger partial charge < -0.3 is 0 Å². The summed E-state index contributed by atoms with van der Waals surface area (Å²) in [7, 11) is -7.89. The molecule has 3 aromatic carbocycles. The van der Waals surface area contributed by atoms with Crippen LogP contribution in [0.4, 0.5) is 0 Å². The van der Waals surface area contributed by atoms with Crippen molar-refractivity contribution in [2.75, 3.05) is 0 Å². The number of rotatable bonds is 6. The lowest BCUT2D eigenvalue weighted by molar-refractivity contribution is 0.578. The third-order valence-electron chi connectivity index (χ3n) is 4.13. The quantitative estimate of drug-likeness (QED) is 0.571. The second-order valence-corrected chi connectivity index (χ2v) is 10.2. The van der Waals surface area contributed by atoms with Crippen molar-refractivity contribution in [1.82, 2.24) is 4.72 Å². The maximum atomic E-state index is 12.7. The largest absolute Gasteiger partial charge is 0.240 e. The normalized spacial score (nSPS) is 12.1. The van der Waals surface area contributed by atoms with Crippen molar-refractivity contribution in [3.05, 3.63) is 82.3 Å². The molecule has 0 aliphatic carbocycles. The molecule has 6 nitrogen and oxygen atoms in total. The van der Waals surface area contributed by atoms with E-state index in [2.05, 4.69) is 4.72 Å². The standard InChI is InChI=1S/C19H16Cl2N2O4S2/c20-17-9-8-14(11-18(17)21)13-5-3-6-16(10-13)29(26,27)23-12-15-4-1-2-7-19(15)28(22,24)25/h1-11,23H,12H2,(H2,22,24,25). The molecule has 0 aliphatic heterocycles. The first-order valence-corrected chi connectivity index (χ1v) is 12.0. The van der Waals surface area contributed by atoms with Gasteiger partial charge in [-0.05, 0) is 47.0 Å². The predicted molar refractivity (Wildman–Crippen MR) is 114 cm³/mol. The van der Waals surface area contributed by atoms with Crippen LogP contribution >= 0.6 is 23.2 Å². The molecule has 0 amide bonds. The Balaban J connectivity index is 1.89. The summed E-state index contributed by atoms with van der Waals surface area (Å²) < 4.78 is 51.2. The van der Waals surface area contributed by atoms with Crippen LogP contribution in [0.15, 0.2) is 76.5 Å². The minimum atomic E-state index is -3.97. The van der Waals surface area contributed by atoms with Crippen LogP contribution < -0.4 is 9.86 Å². The fourth-order valence-electron chi connectivity index (χ4n) is 2.70. The third kappa shape index (κ3) is 5.16. The van der Waals surface area contributed by atoms with Crippen LogP contribution in [0.1, 0.15) is 5.56 Å². The molecule has 0 atom stereocenters. The Morgan fingerprint density at radius 2 is 1.48 bits per heavy atom. The van der Waals surface area contributed by atoms with Crippen molar-refractivity contribution >= 4 is 43.2 Å². The molecule has 3 N–H and O–H groups in total. The second-order valence-electron chi connectivity index (χ2n) is 6.13. The van der Waals surface area contributed by atoms with Crippen LogP contribution in [-0.4, -0.2) is 16.8 Å². The number of halogens is 2. The maximum absolute atomic E-state index is 12.7. The summed E-state index contributed by atoms with van der Waals surface area (Å²) in [6, 6.07) is 17.2. The van der Waals surface area contributed by atoms with E-state index in [1.54, 1.807) is 36.4 Å². The lowest BCUT2D eigenvalue weighted by Crippen LogP contribution is -2.25. The van der Waals surface area contributed by atoms with E-state index in [0.717, 1.165) is 0 Å². The molecular formula is C19H16Cl2N2O4S2. The molecule has 29 heavy (non-hydrogen) atoms. The summed E-state index contributed by atoms with van der Waals surface area (Å²) in [6.07, 6.45) is 0. The van der Waals surface area contributed by atoms with E-state index < -0.39 is 20.0 Å². The fourth-order valence-corrected chi connectivity index (χ4v) is 4.83. The van der Waals surface area contributed by atoms with Gasteiger partial charge in [-0.3, -0.25) is 0 Å². The average Bonchev–Trinajstić information content (AvgIpc) is 2.68. The van der Waals surface area contributed by atoms with E-state index in [0.29, 0.717) is 21.2 Å². The van der Waals surface area contributed by atoms with E-state index in [1.165, 1.54) is 30.3 Å². The minimum Gasteiger partial charge on any atom is -0.225 e. The highest BCUT2D eigenvalue weighted by Gasteiger charge is 2.18. The summed E-state index contributed by atoms with van der Waals surface area (Å²) in [5, 5.41) is 5.94. The molecule has 3 aromatic rings. The summed E-state index contributed by atoms with van der Waals surface area (Å²) >= 11 is 12.0. The van der Waals surface area contributed by atoms with E-state index in [9.17, 15) is 16.8 Å². The highest BCUT2D eigenvalue weighted by molar-refractivity contribution is 7.89. The molecule has 152 valence electrons. The van der Waals surface area contributed by atoms with Crippen LogP contribution in [0.5, 0.6) is 0 Å². The molecule has 10 heteroatoms. The monoisotopic (exact) mass is 470 g/mol. The first-order valence-electron chi connectivity index (χ1n) is 8.24. The number of primary sulfonamides is 1. The van der Waals surface area contributed by atoms with Gasteiger partial charge in [-0.25, -0.2) is 26.7 Å². The van der Waals surface area contributed by atoms with Gasteiger partial charge in [0, 0.05) is 6.54 Å². The zero-order valence-corrected chi connectivity index (χ0v) is 18.0. The van der Waals surface area contributed by atoms with Gasteiger partial charge in [0.15, 0.2) is 0 Å². The summed E-state index contributed by atoms with van der Waals surface area (Å²) in [5.41, 5.74) is 1.59. The molecule has 0 saturated carbocycles. The van der Waals surface area contributed by atoms with Crippen LogP contribution in [0.25, 0.3) is 11.1 Å². The Bertz CT molecular complexity index is 1280. The molecule has 0 aromatic heterocycles. The molecule has 0 saturated heterocycles. The zero-order chi connectivity index (χ0) is 21.2. The van der Waals surface area contributed by atoms with Crippen LogP contribution in [0.3, 0.4) is 0 Å². The number of nitrogens with one attached hydrogen (secondary N) is 1. The first kappa shape index (κ1) is 21.8. The fraction of sp³-hybridized carbons (Fsp3) is 0.0526. The predicted octanol–water partition coefficient (Wildman–Crippen LogP) is 3.79. The van der Waals surface area contributed by atoms with E-state index >= 15 is 0 Å². The van der Waals surface area contributed by atoms with Gasteiger partial charge in [0.2, 0.25) is 20.0 Å². The summed E-state index contributed by atoms with van der Waals surface area (Å²) in [6.45, 7) is -0.230. The number of nitrogens with two attached hydrogens (primary N) is 1. The maximum Gasteiger partial charge on any atom is 0.240 e. The van der Waals surface area contributed by atoms with Gasteiger partial charge in [0.05, 0.1) is 19.8 Å². The van der Waals surface area contributed by atoms with E-state index in [4.69, 9.17) is 28.3 Å². The topological polar surface area (TPSA) is 106 Å². The number of sulfonamides is 2. The number of hydrogen-bond acceptors (Lipinski definition) is 4. The van der Waals surface area contributed by atoms with Gasteiger partial charge in [-0.2, -0.15) is 0 Å². The van der Waals surface area contributed by atoms with Crippen molar-refractivity contribution < 1.29 is 16.8 Å². The molecule has 0 aliphatic rings. The molecule has 0 spiro atoms. The van der Waals surface area contributed by atoms with Crippen molar-refractivity contribution in [3.63, 3.8) is 0 Å². The van der Waals surface area contributed by atoms with Crippen LogP contribution in [-0.2, 0) is 26.6 Å². The van der Waals surface area contributed by atoms with Gasteiger partial charge >= 0.3 is 0 Å². The third-order valence-corrected chi connectivity index (χ3v) is 7.28. The van der Waals surface area contributed by atoms with Gasteiger partial charge in [0.1, 0.15) is 0 Å². The highest BCUT2D eigenvalue weighted by atomic mass is 35.5. The lowest BCUT2D eigenvalue weighted by Gasteiger charge is -2.11. The second kappa shape index (κ2) is 8.43. The Hall–Kier alpha value is -1.94. The van der Waals surface area contributed by atoms with Gasteiger partial charge in [-0.15, -0.1) is 0 Å².